The Hall–Kier alpha value is -3.40. The number of nitrogens with one attached hydrogen (secondary N) is 2. The van der Waals surface area contributed by atoms with E-state index < -0.39 is 23.3 Å². The summed E-state index contributed by atoms with van der Waals surface area (Å²) in [5, 5.41) is 11.7. The normalized spacial score (nSPS) is 22.7. The number of nitrogens with zero attached hydrogens (tertiary/aromatic N) is 1. The molecule has 1 aliphatic carbocycles. The van der Waals surface area contributed by atoms with Crippen LogP contribution in [0.25, 0.3) is 0 Å². The molecule has 2 amide bonds. The first-order chi connectivity index (χ1) is 16.9. The second kappa shape index (κ2) is 9.57. The number of pyridine rings is 1. The lowest BCUT2D eigenvalue weighted by Gasteiger charge is -2.37. The first-order valence-corrected chi connectivity index (χ1v) is 12.1. The van der Waals surface area contributed by atoms with Gasteiger partial charge in [-0.05, 0) is 45.6 Å². The van der Waals surface area contributed by atoms with Crippen molar-refractivity contribution in [3.8, 4) is 17.2 Å². The zero-order chi connectivity index (χ0) is 26.4. The topological polar surface area (TPSA) is 130 Å². The van der Waals surface area contributed by atoms with Crippen LogP contribution < -0.4 is 30.0 Å². The molecular weight excluding hydrogens is 490 g/mol. The van der Waals surface area contributed by atoms with Crippen LogP contribution in [0.3, 0.4) is 0 Å². The number of aryl methyl sites for hydroxylation is 1. The van der Waals surface area contributed by atoms with E-state index in [1.54, 1.807) is 19.9 Å². The molecule has 1 aromatic carbocycles. The average molecular weight is 520 g/mol. The van der Waals surface area contributed by atoms with Gasteiger partial charge >= 0.3 is 6.09 Å². The molecule has 1 atom stereocenters. The molecule has 1 unspecified atom stereocenters. The number of fused-ring (bicyclic) bond motifs is 1. The van der Waals surface area contributed by atoms with Gasteiger partial charge in [0, 0.05) is 48.8 Å². The zero-order valence-corrected chi connectivity index (χ0v) is 21.6. The molecule has 194 valence electrons. The summed E-state index contributed by atoms with van der Waals surface area (Å²) < 4.78 is 17.9. The van der Waals surface area contributed by atoms with E-state index in [4.69, 9.17) is 30.9 Å². The number of aromatic amines is 1. The van der Waals surface area contributed by atoms with Crippen molar-refractivity contribution in [2.24, 2.45) is 5.92 Å². The van der Waals surface area contributed by atoms with Crippen LogP contribution in [0.15, 0.2) is 16.9 Å². The number of methoxy groups -OCH3 is 1. The molecule has 1 aliphatic heterocycles. The highest BCUT2D eigenvalue weighted by atomic mass is 35.5. The highest BCUT2D eigenvalue weighted by molar-refractivity contribution is 6.33. The Morgan fingerprint density at radius 1 is 1.19 bits per heavy atom. The predicted molar refractivity (Wildman–Crippen MR) is 134 cm³/mol. The van der Waals surface area contributed by atoms with Gasteiger partial charge < -0.3 is 34.5 Å². The van der Waals surface area contributed by atoms with Crippen LogP contribution in [0, 0.1) is 19.8 Å². The minimum Gasteiger partial charge on any atom is -0.494 e. The van der Waals surface area contributed by atoms with Crippen molar-refractivity contribution in [1.29, 1.82) is 0 Å². The molecule has 2 heterocycles. The summed E-state index contributed by atoms with van der Waals surface area (Å²) in [6.45, 7) is 5.31. The molecular formula is C25H30ClN3O7. The fourth-order valence-corrected chi connectivity index (χ4v) is 5.31. The number of carbonyl (C=O) groups is 2. The minimum absolute atomic E-state index is 0.00409. The number of carbonyl (C=O) groups excluding carboxylic acids is 1. The Bertz CT molecular complexity index is 1270. The molecule has 1 aromatic heterocycles. The van der Waals surface area contributed by atoms with Crippen LogP contribution in [0.5, 0.6) is 17.2 Å². The molecule has 1 fully saturated rings. The number of ether oxygens (including phenoxy) is 3. The standard InChI is InChI=1S/C25H30ClN3O7/c1-12-10-18(34-5)19(22(30)27-12)29(4)23(31)16-11-17(26)21-20(13(16)2)35-25(3,36-21)14-6-8-15(9-7-14)28-24(32)33/h10-11,14-15,28H,6-9H2,1-5H3,(H,27,30)(H,32,33)/t14-,15-,25?. The summed E-state index contributed by atoms with van der Waals surface area (Å²) in [6.07, 6.45) is 1.72. The largest absolute Gasteiger partial charge is 0.494 e. The van der Waals surface area contributed by atoms with Crippen LogP contribution in [0.1, 0.15) is 54.2 Å². The van der Waals surface area contributed by atoms with Gasteiger partial charge in [0.15, 0.2) is 17.2 Å². The van der Waals surface area contributed by atoms with Gasteiger partial charge in [0.25, 0.3) is 17.3 Å². The number of benzene rings is 1. The molecule has 0 radical (unpaired) electrons. The Kier molecular flexibility index (Phi) is 6.83. The number of anilines is 1. The summed E-state index contributed by atoms with van der Waals surface area (Å²) in [6, 6.07) is 3.07. The fraction of sp³-hybridized carbons (Fsp3) is 0.480. The maximum absolute atomic E-state index is 13.5. The SMILES string of the molecule is COc1cc(C)[nH]c(=O)c1N(C)C(=O)c1cc(Cl)c2c(c1C)OC(C)([C@H]1CC[C@H](NC(=O)O)CC1)O2. The van der Waals surface area contributed by atoms with Gasteiger partial charge in [-0.3, -0.25) is 9.59 Å². The number of halogens is 1. The Balaban J connectivity index is 1.60. The summed E-state index contributed by atoms with van der Waals surface area (Å²) in [4.78, 5) is 41.0. The number of hydrogen-bond donors (Lipinski definition) is 3. The lowest BCUT2D eigenvalue weighted by atomic mass is 9.81. The number of rotatable bonds is 5. The number of aromatic nitrogens is 1. The second-order valence-electron chi connectivity index (χ2n) is 9.47. The lowest BCUT2D eigenvalue weighted by molar-refractivity contribution is -0.121. The van der Waals surface area contributed by atoms with Gasteiger partial charge in [-0.15, -0.1) is 0 Å². The Morgan fingerprint density at radius 2 is 1.83 bits per heavy atom. The first-order valence-electron chi connectivity index (χ1n) is 11.7. The van der Waals surface area contributed by atoms with Crippen molar-refractivity contribution in [2.45, 2.75) is 58.3 Å². The molecule has 0 saturated heterocycles. The van der Waals surface area contributed by atoms with E-state index in [1.807, 2.05) is 6.92 Å². The van der Waals surface area contributed by atoms with Gasteiger partial charge in [0.2, 0.25) is 0 Å². The third-order valence-electron chi connectivity index (χ3n) is 7.04. The molecule has 1 saturated carbocycles. The van der Waals surface area contributed by atoms with Gasteiger partial charge in [-0.25, -0.2) is 4.79 Å². The third-order valence-corrected chi connectivity index (χ3v) is 7.32. The van der Waals surface area contributed by atoms with Crippen molar-refractivity contribution < 1.29 is 28.9 Å². The molecule has 11 heteroatoms. The Labute approximate surface area is 213 Å². The van der Waals surface area contributed by atoms with E-state index in [1.165, 1.54) is 25.1 Å². The predicted octanol–water partition coefficient (Wildman–Crippen LogP) is 4.24. The summed E-state index contributed by atoms with van der Waals surface area (Å²) in [7, 11) is 2.93. The maximum atomic E-state index is 13.5. The average Bonchev–Trinajstić information content (AvgIpc) is 3.19. The monoisotopic (exact) mass is 519 g/mol. The number of hydrogen-bond acceptors (Lipinski definition) is 6. The minimum atomic E-state index is -1.03. The number of amides is 2. The smallest absolute Gasteiger partial charge is 0.404 e. The van der Waals surface area contributed by atoms with E-state index in [9.17, 15) is 14.4 Å². The van der Waals surface area contributed by atoms with Crippen molar-refractivity contribution in [3.63, 3.8) is 0 Å². The summed E-state index contributed by atoms with van der Waals surface area (Å²) >= 11 is 6.56. The molecule has 36 heavy (non-hydrogen) atoms. The van der Waals surface area contributed by atoms with Crippen molar-refractivity contribution in [3.05, 3.63) is 44.3 Å². The highest BCUT2D eigenvalue weighted by Gasteiger charge is 2.47. The Morgan fingerprint density at radius 3 is 2.44 bits per heavy atom. The molecule has 3 N–H and O–H groups in total. The molecule has 2 aliphatic rings. The van der Waals surface area contributed by atoms with Crippen LogP contribution in [-0.2, 0) is 0 Å². The van der Waals surface area contributed by atoms with E-state index in [-0.39, 0.29) is 34.0 Å². The lowest BCUT2D eigenvalue weighted by Crippen LogP contribution is -2.47. The quantitative estimate of drug-likeness (QED) is 0.538. The molecule has 2 aromatic rings. The molecule has 10 nitrogen and oxygen atoms in total. The first kappa shape index (κ1) is 25.7. The summed E-state index contributed by atoms with van der Waals surface area (Å²) in [5.41, 5.74) is 1.05. The highest BCUT2D eigenvalue weighted by Crippen LogP contribution is 2.51. The zero-order valence-electron chi connectivity index (χ0n) is 20.9. The van der Waals surface area contributed by atoms with Crippen LogP contribution in [0.2, 0.25) is 5.02 Å². The summed E-state index contributed by atoms with van der Waals surface area (Å²) in [5.74, 6) is -0.427. The number of H-pyrrole nitrogens is 1. The van der Waals surface area contributed by atoms with Gasteiger partial charge in [0.05, 0.1) is 12.1 Å². The van der Waals surface area contributed by atoms with E-state index >= 15 is 0 Å². The second-order valence-corrected chi connectivity index (χ2v) is 9.88. The van der Waals surface area contributed by atoms with Crippen LogP contribution in [-0.4, -0.2) is 48.1 Å². The van der Waals surface area contributed by atoms with E-state index in [2.05, 4.69) is 10.3 Å². The number of carboxylic acid groups (broad SMARTS) is 1. The van der Waals surface area contributed by atoms with Crippen LogP contribution >= 0.6 is 11.6 Å². The molecule has 0 bridgehead atoms. The van der Waals surface area contributed by atoms with Crippen molar-refractivity contribution in [2.75, 3.05) is 19.1 Å². The van der Waals surface area contributed by atoms with Gasteiger partial charge in [0.1, 0.15) is 5.75 Å². The van der Waals surface area contributed by atoms with Gasteiger partial charge in [-0.2, -0.15) is 0 Å². The maximum Gasteiger partial charge on any atom is 0.404 e. The fourth-order valence-electron chi connectivity index (χ4n) is 5.08. The molecule has 0 spiro atoms. The van der Waals surface area contributed by atoms with Crippen molar-refractivity contribution >= 4 is 29.3 Å². The van der Waals surface area contributed by atoms with Crippen LogP contribution in [0.4, 0.5) is 10.5 Å². The van der Waals surface area contributed by atoms with Gasteiger partial charge in [-0.1, -0.05) is 11.6 Å². The van der Waals surface area contributed by atoms with E-state index in [0.717, 1.165) is 0 Å². The van der Waals surface area contributed by atoms with E-state index in [0.29, 0.717) is 48.4 Å². The third kappa shape index (κ3) is 4.57. The van der Waals surface area contributed by atoms with Crippen molar-refractivity contribution in [1.82, 2.24) is 10.3 Å². The molecule has 4 rings (SSSR count).